The second kappa shape index (κ2) is 8.68. The lowest BCUT2D eigenvalue weighted by molar-refractivity contribution is -0.120. The molecule has 4 rings (SSSR count). The van der Waals surface area contributed by atoms with Crippen molar-refractivity contribution in [1.82, 2.24) is 20.0 Å². The van der Waals surface area contributed by atoms with Gasteiger partial charge in [-0.15, -0.1) is 24.0 Å². The molecule has 0 bridgehead atoms. The number of rotatable bonds is 4. The van der Waals surface area contributed by atoms with Crippen LogP contribution < -0.4 is 10.2 Å². The largest absolute Gasteiger partial charge is 0.355 e. The SMILES string of the molecule is CN=C(NCC1(c2ccc(F)cc2)CC1)N1CCN(c2cnn(C)c2)C(=O)C1.I. The molecule has 29 heavy (non-hydrogen) atoms. The minimum Gasteiger partial charge on any atom is -0.355 e. The molecular formula is C20H26FIN6O. The number of carbonyl (C=O) groups is 1. The smallest absolute Gasteiger partial charge is 0.246 e. The first kappa shape index (κ1) is 21.5. The highest BCUT2D eigenvalue weighted by Crippen LogP contribution is 2.47. The van der Waals surface area contributed by atoms with E-state index in [4.69, 9.17) is 0 Å². The molecule has 1 aliphatic heterocycles. The molecular weight excluding hydrogens is 486 g/mol. The molecule has 1 aliphatic carbocycles. The summed E-state index contributed by atoms with van der Waals surface area (Å²) in [5.74, 6) is 0.544. The first-order valence-corrected chi connectivity index (χ1v) is 9.51. The molecule has 0 radical (unpaired) electrons. The van der Waals surface area contributed by atoms with Crippen LogP contribution in [0.3, 0.4) is 0 Å². The fraction of sp³-hybridized carbons (Fsp3) is 0.450. The second-order valence-electron chi connectivity index (χ2n) is 7.53. The topological polar surface area (TPSA) is 65.8 Å². The average molecular weight is 512 g/mol. The van der Waals surface area contributed by atoms with E-state index in [-0.39, 0.29) is 47.7 Å². The van der Waals surface area contributed by atoms with E-state index in [1.54, 1.807) is 22.8 Å². The van der Waals surface area contributed by atoms with Crippen molar-refractivity contribution in [2.45, 2.75) is 18.3 Å². The van der Waals surface area contributed by atoms with Gasteiger partial charge >= 0.3 is 0 Å². The minimum atomic E-state index is -0.215. The molecule has 0 spiro atoms. The maximum absolute atomic E-state index is 13.2. The lowest BCUT2D eigenvalue weighted by atomic mass is 9.96. The first-order valence-electron chi connectivity index (χ1n) is 9.51. The lowest BCUT2D eigenvalue weighted by Crippen LogP contribution is -2.56. The number of aliphatic imine (C=N–C) groups is 1. The molecule has 2 aromatic rings. The number of nitrogens with zero attached hydrogens (tertiary/aromatic N) is 5. The van der Waals surface area contributed by atoms with Crippen molar-refractivity contribution < 1.29 is 9.18 Å². The van der Waals surface area contributed by atoms with E-state index in [0.29, 0.717) is 13.1 Å². The van der Waals surface area contributed by atoms with Crippen molar-refractivity contribution in [3.8, 4) is 0 Å². The molecule has 9 heteroatoms. The van der Waals surface area contributed by atoms with E-state index in [9.17, 15) is 9.18 Å². The molecule has 1 saturated heterocycles. The van der Waals surface area contributed by atoms with Crippen LogP contribution >= 0.6 is 24.0 Å². The number of aromatic nitrogens is 2. The fourth-order valence-electron chi connectivity index (χ4n) is 3.78. The van der Waals surface area contributed by atoms with Gasteiger partial charge < -0.3 is 15.1 Å². The van der Waals surface area contributed by atoms with Crippen molar-refractivity contribution in [1.29, 1.82) is 0 Å². The highest BCUT2D eigenvalue weighted by atomic mass is 127. The summed E-state index contributed by atoms with van der Waals surface area (Å²) in [6.07, 6.45) is 5.69. The molecule has 1 amide bonds. The minimum absolute atomic E-state index is 0. The third-order valence-electron chi connectivity index (χ3n) is 5.63. The Bertz CT molecular complexity index is 893. The predicted molar refractivity (Wildman–Crippen MR) is 121 cm³/mol. The molecule has 2 fully saturated rings. The number of aryl methyl sites for hydroxylation is 1. The second-order valence-corrected chi connectivity index (χ2v) is 7.53. The summed E-state index contributed by atoms with van der Waals surface area (Å²) in [6.45, 7) is 2.29. The zero-order chi connectivity index (χ0) is 19.7. The molecule has 1 N–H and O–H groups in total. The van der Waals surface area contributed by atoms with Gasteiger partial charge in [0, 0.05) is 45.3 Å². The number of benzene rings is 1. The summed E-state index contributed by atoms with van der Waals surface area (Å²) < 4.78 is 14.9. The number of halogens is 2. The van der Waals surface area contributed by atoms with E-state index >= 15 is 0 Å². The van der Waals surface area contributed by atoms with Gasteiger partial charge in [-0.1, -0.05) is 12.1 Å². The van der Waals surface area contributed by atoms with E-state index in [1.807, 2.05) is 30.3 Å². The molecule has 0 atom stereocenters. The Morgan fingerprint density at radius 1 is 1.28 bits per heavy atom. The third kappa shape index (κ3) is 4.54. The Labute approximate surface area is 187 Å². The number of anilines is 1. The zero-order valence-electron chi connectivity index (χ0n) is 16.6. The van der Waals surface area contributed by atoms with Gasteiger partial charge in [-0.2, -0.15) is 5.10 Å². The molecule has 1 aromatic carbocycles. The van der Waals surface area contributed by atoms with Crippen molar-refractivity contribution >= 4 is 41.5 Å². The fourth-order valence-corrected chi connectivity index (χ4v) is 3.78. The van der Waals surface area contributed by atoms with Crippen molar-refractivity contribution in [3.63, 3.8) is 0 Å². The molecule has 2 aliphatic rings. The average Bonchev–Trinajstić information content (AvgIpc) is 3.36. The number of hydrogen-bond donors (Lipinski definition) is 1. The maximum atomic E-state index is 13.2. The molecule has 1 saturated carbocycles. The maximum Gasteiger partial charge on any atom is 0.246 e. The van der Waals surface area contributed by atoms with Gasteiger partial charge in [-0.05, 0) is 30.5 Å². The van der Waals surface area contributed by atoms with Crippen molar-refractivity contribution in [3.05, 3.63) is 48.0 Å². The van der Waals surface area contributed by atoms with E-state index < -0.39 is 0 Å². The van der Waals surface area contributed by atoms with Gasteiger partial charge in [-0.25, -0.2) is 4.39 Å². The van der Waals surface area contributed by atoms with Crippen LogP contribution in [0.5, 0.6) is 0 Å². The van der Waals surface area contributed by atoms with Crippen LogP contribution in [-0.2, 0) is 17.3 Å². The Kier molecular flexibility index (Phi) is 6.45. The van der Waals surface area contributed by atoms with E-state index in [2.05, 4.69) is 15.4 Å². The Hall–Kier alpha value is -2.17. The highest BCUT2D eigenvalue weighted by molar-refractivity contribution is 14.0. The number of carbonyl (C=O) groups excluding carboxylic acids is 1. The van der Waals surface area contributed by atoms with Crippen LogP contribution in [0.4, 0.5) is 10.1 Å². The van der Waals surface area contributed by atoms with Gasteiger partial charge in [-0.3, -0.25) is 14.5 Å². The highest BCUT2D eigenvalue weighted by Gasteiger charge is 2.44. The number of amides is 1. The Morgan fingerprint density at radius 3 is 2.55 bits per heavy atom. The van der Waals surface area contributed by atoms with E-state index in [0.717, 1.165) is 36.6 Å². The summed E-state index contributed by atoms with van der Waals surface area (Å²) in [5.41, 5.74) is 2.00. The molecule has 1 aromatic heterocycles. The number of piperazine rings is 1. The van der Waals surface area contributed by atoms with Crippen LogP contribution in [0.2, 0.25) is 0 Å². The van der Waals surface area contributed by atoms with Crippen LogP contribution in [-0.4, -0.2) is 59.8 Å². The van der Waals surface area contributed by atoms with Crippen molar-refractivity contribution in [2.24, 2.45) is 12.0 Å². The standard InChI is InChI=1S/C20H25FN6O.HI/c1-22-19(23-14-20(7-8-20)15-3-5-16(21)6-4-15)26-9-10-27(18(28)13-26)17-11-24-25(2)12-17;/h3-6,11-12H,7-10,13-14H2,1-2H3,(H,22,23);1H. The van der Waals surface area contributed by atoms with Crippen LogP contribution in [0, 0.1) is 5.82 Å². The summed E-state index contributed by atoms with van der Waals surface area (Å²) in [5, 5.41) is 7.57. The molecule has 2 heterocycles. The Balaban J connectivity index is 0.00000240. The Morgan fingerprint density at radius 2 is 2.00 bits per heavy atom. The lowest BCUT2D eigenvalue weighted by Gasteiger charge is -2.35. The van der Waals surface area contributed by atoms with Gasteiger partial charge in [0.1, 0.15) is 12.4 Å². The molecule has 7 nitrogen and oxygen atoms in total. The number of hydrogen-bond acceptors (Lipinski definition) is 3. The number of guanidine groups is 1. The quantitative estimate of drug-likeness (QED) is 0.388. The summed E-state index contributed by atoms with van der Waals surface area (Å²) in [6, 6.07) is 6.76. The zero-order valence-corrected chi connectivity index (χ0v) is 19.0. The van der Waals surface area contributed by atoms with Crippen LogP contribution in [0.15, 0.2) is 41.7 Å². The van der Waals surface area contributed by atoms with Crippen molar-refractivity contribution in [2.75, 3.05) is 38.1 Å². The first-order chi connectivity index (χ1) is 13.5. The normalized spacial score (nSPS) is 18.4. The van der Waals surface area contributed by atoms with E-state index in [1.165, 1.54) is 12.1 Å². The summed E-state index contributed by atoms with van der Waals surface area (Å²) >= 11 is 0. The third-order valence-corrected chi connectivity index (χ3v) is 5.63. The van der Waals surface area contributed by atoms with Crippen LogP contribution in [0.25, 0.3) is 0 Å². The monoisotopic (exact) mass is 512 g/mol. The molecule has 156 valence electrons. The predicted octanol–water partition coefficient (Wildman–Crippen LogP) is 2.13. The van der Waals surface area contributed by atoms with Gasteiger partial charge in [0.2, 0.25) is 5.91 Å². The van der Waals surface area contributed by atoms with Crippen LogP contribution in [0.1, 0.15) is 18.4 Å². The summed E-state index contributed by atoms with van der Waals surface area (Å²) in [7, 11) is 3.57. The number of nitrogens with one attached hydrogen (secondary N) is 1. The summed E-state index contributed by atoms with van der Waals surface area (Å²) in [4.78, 5) is 20.7. The van der Waals surface area contributed by atoms with Gasteiger partial charge in [0.05, 0.1) is 11.9 Å². The van der Waals surface area contributed by atoms with Gasteiger partial charge in [0.15, 0.2) is 5.96 Å². The molecule has 0 unspecified atom stereocenters. The van der Waals surface area contributed by atoms with Gasteiger partial charge in [0.25, 0.3) is 0 Å².